The lowest BCUT2D eigenvalue weighted by Crippen LogP contribution is -1.93. The zero-order valence-electron chi connectivity index (χ0n) is 8.56. The Bertz CT molecular complexity index is 584. The molecule has 5 heteroatoms. The highest BCUT2D eigenvalue weighted by atomic mass is 19.1. The Labute approximate surface area is 95.5 Å². The Hall–Kier alpha value is -2.30. The quantitative estimate of drug-likeness (QED) is 0.590. The van der Waals surface area contributed by atoms with Crippen LogP contribution < -0.4 is 0 Å². The van der Waals surface area contributed by atoms with Gasteiger partial charge in [-0.3, -0.25) is 10.1 Å². The van der Waals surface area contributed by atoms with Gasteiger partial charge >= 0.3 is 0 Å². The molecule has 17 heavy (non-hydrogen) atoms. The fourth-order valence-electron chi connectivity index (χ4n) is 1.57. The SMILES string of the molecule is O=[N+]([O-])c1ccccc1-c1ccc(F)cc1F. The van der Waals surface area contributed by atoms with Gasteiger partial charge in [0.1, 0.15) is 11.6 Å². The maximum atomic E-state index is 13.5. The number of rotatable bonds is 2. The highest BCUT2D eigenvalue weighted by Gasteiger charge is 2.17. The lowest BCUT2D eigenvalue weighted by Gasteiger charge is -2.04. The zero-order valence-corrected chi connectivity index (χ0v) is 8.56. The van der Waals surface area contributed by atoms with Crippen molar-refractivity contribution >= 4 is 5.69 Å². The topological polar surface area (TPSA) is 43.1 Å². The molecule has 0 saturated carbocycles. The van der Waals surface area contributed by atoms with Gasteiger partial charge in [0.2, 0.25) is 0 Å². The second kappa shape index (κ2) is 4.29. The third-order valence-corrected chi connectivity index (χ3v) is 2.32. The van der Waals surface area contributed by atoms with E-state index < -0.39 is 16.6 Å². The fraction of sp³-hybridized carbons (Fsp3) is 0. The highest BCUT2D eigenvalue weighted by Crippen LogP contribution is 2.31. The van der Waals surface area contributed by atoms with Crippen LogP contribution >= 0.6 is 0 Å². The van der Waals surface area contributed by atoms with Crippen LogP contribution in [0.5, 0.6) is 0 Å². The molecule has 86 valence electrons. The van der Waals surface area contributed by atoms with Crippen LogP contribution in [0, 0.1) is 21.7 Å². The average molecular weight is 235 g/mol. The Morgan fingerprint density at radius 1 is 1.00 bits per heavy atom. The molecule has 0 saturated heterocycles. The molecule has 0 spiro atoms. The minimum atomic E-state index is -0.820. The number of nitro groups is 1. The van der Waals surface area contributed by atoms with E-state index in [-0.39, 0.29) is 16.8 Å². The Kier molecular flexibility index (Phi) is 2.82. The van der Waals surface area contributed by atoms with Gasteiger partial charge in [-0.2, -0.15) is 0 Å². The van der Waals surface area contributed by atoms with Gasteiger partial charge in [0.05, 0.1) is 10.5 Å². The van der Waals surface area contributed by atoms with Crippen LogP contribution in [0.1, 0.15) is 0 Å². The highest BCUT2D eigenvalue weighted by molar-refractivity contribution is 5.73. The van der Waals surface area contributed by atoms with Crippen molar-refractivity contribution in [3.05, 3.63) is 64.2 Å². The molecule has 0 heterocycles. The van der Waals surface area contributed by atoms with E-state index in [2.05, 4.69) is 0 Å². The summed E-state index contributed by atoms with van der Waals surface area (Å²) >= 11 is 0. The minimum Gasteiger partial charge on any atom is -0.258 e. The molecule has 0 bridgehead atoms. The molecule has 0 aliphatic heterocycles. The largest absolute Gasteiger partial charge is 0.277 e. The second-order valence-corrected chi connectivity index (χ2v) is 3.40. The van der Waals surface area contributed by atoms with Crippen molar-refractivity contribution in [1.29, 1.82) is 0 Å². The normalized spacial score (nSPS) is 10.2. The van der Waals surface area contributed by atoms with E-state index in [4.69, 9.17) is 0 Å². The first kappa shape index (κ1) is 11.2. The molecular formula is C12H7F2NO2. The average Bonchev–Trinajstić information content (AvgIpc) is 2.29. The first-order valence-corrected chi connectivity index (χ1v) is 4.78. The van der Waals surface area contributed by atoms with E-state index in [1.165, 1.54) is 24.3 Å². The van der Waals surface area contributed by atoms with E-state index in [1.54, 1.807) is 6.07 Å². The first-order valence-electron chi connectivity index (χ1n) is 4.78. The Morgan fingerprint density at radius 3 is 2.35 bits per heavy atom. The monoisotopic (exact) mass is 235 g/mol. The molecule has 0 aliphatic carbocycles. The minimum absolute atomic E-state index is 0.0127. The molecule has 2 rings (SSSR count). The summed E-state index contributed by atoms with van der Waals surface area (Å²) in [6.45, 7) is 0. The third-order valence-electron chi connectivity index (χ3n) is 2.32. The van der Waals surface area contributed by atoms with E-state index in [0.29, 0.717) is 6.07 Å². The van der Waals surface area contributed by atoms with Crippen LogP contribution in [0.2, 0.25) is 0 Å². The number of hydrogen-bond acceptors (Lipinski definition) is 2. The van der Waals surface area contributed by atoms with Crippen molar-refractivity contribution in [2.75, 3.05) is 0 Å². The summed E-state index contributed by atoms with van der Waals surface area (Å²) in [5.41, 5.74) is -0.0632. The second-order valence-electron chi connectivity index (χ2n) is 3.40. The van der Waals surface area contributed by atoms with E-state index in [1.807, 2.05) is 0 Å². The summed E-state index contributed by atoms with van der Waals surface area (Å²) in [5.74, 6) is -1.54. The molecule has 0 aromatic heterocycles. The van der Waals surface area contributed by atoms with Crippen LogP contribution in [0.15, 0.2) is 42.5 Å². The van der Waals surface area contributed by atoms with E-state index >= 15 is 0 Å². The predicted molar refractivity (Wildman–Crippen MR) is 58.4 cm³/mol. The van der Waals surface area contributed by atoms with Gasteiger partial charge in [-0.1, -0.05) is 12.1 Å². The van der Waals surface area contributed by atoms with Crippen LogP contribution in [-0.4, -0.2) is 4.92 Å². The van der Waals surface area contributed by atoms with Crippen LogP contribution in [-0.2, 0) is 0 Å². The van der Waals surface area contributed by atoms with E-state index in [0.717, 1.165) is 6.07 Å². The molecule has 0 aliphatic rings. The number of hydrogen-bond donors (Lipinski definition) is 0. The predicted octanol–water partition coefficient (Wildman–Crippen LogP) is 3.54. The Morgan fingerprint density at radius 2 is 1.71 bits per heavy atom. The van der Waals surface area contributed by atoms with Crippen molar-refractivity contribution in [3.63, 3.8) is 0 Å². The fourth-order valence-corrected chi connectivity index (χ4v) is 1.57. The molecule has 2 aromatic carbocycles. The zero-order chi connectivity index (χ0) is 12.4. The molecule has 0 fully saturated rings. The van der Waals surface area contributed by atoms with Gasteiger partial charge in [0.25, 0.3) is 5.69 Å². The van der Waals surface area contributed by atoms with Gasteiger partial charge in [-0.15, -0.1) is 0 Å². The van der Waals surface area contributed by atoms with Crippen molar-refractivity contribution in [1.82, 2.24) is 0 Å². The molecule has 3 nitrogen and oxygen atoms in total. The summed E-state index contributed by atoms with van der Waals surface area (Å²) in [5, 5.41) is 10.8. The number of halogens is 2. The molecule has 0 unspecified atom stereocenters. The molecule has 0 radical (unpaired) electrons. The van der Waals surface area contributed by atoms with Gasteiger partial charge in [-0.05, 0) is 18.2 Å². The molecule has 2 aromatic rings. The van der Waals surface area contributed by atoms with Gasteiger partial charge < -0.3 is 0 Å². The summed E-state index contributed by atoms with van der Waals surface area (Å²) < 4.78 is 26.3. The van der Waals surface area contributed by atoms with Gasteiger partial charge in [0.15, 0.2) is 0 Å². The standard InChI is InChI=1S/C12H7F2NO2/c13-8-5-6-9(11(14)7-8)10-3-1-2-4-12(10)15(16)17/h1-7H. The maximum absolute atomic E-state index is 13.5. The van der Waals surface area contributed by atoms with Gasteiger partial charge in [0, 0.05) is 17.7 Å². The maximum Gasteiger partial charge on any atom is 0.277 e. The van der Waals surface area contributed by atoms with Crippen molar-refractivity contribution in [2.24, 2.45) is 0 Å². The summed E-state index contributed by atoms with van der Waals surface area (Å²) in [4.78, 5) is 10.2. The molecule has 0 atom stereocenters. The van der Waals surface area contributed by atoms with Gasteiger partial charge in [-0.25, -0.2) is 8.78 Å². The number of benzene rings is 2. The van der Waals surface area contributed by atoms with E-state index in [9.17, 15) is 18.9 Å². The smallest absolute Gasteiger partial charge is 0.258 e. The van der Waals surface area contributed by atoms with Crippen molar-refractivity contribution in [3.8, 4) is 11.1 Å². The molecular weight excluding hydrogens is 228 g/mol. The van der Waals surface area contributed by atoms with Crippen molar-refractivity contribution in [2.45, 2.75) is 0 Å². The van der Waals surface area contributed by atoms with Crippen molar-refractivity contribution < 1.29 is 13.7 Å². The lowest BCUT2D eigenvalue weighted by molar-refractivity contribution is -0.384. The van der Waals surface area contributed by atoms with Crippen LogP contribution in [0.25, 0.3) is 11.1 Å². The lowest BCUT2D eigenvalue weighted by atomic mass is 10.0. The first-order chi connectivity index (χ1) is 8.09. The number of nitro benzene ring substituents is 1. The summed E-state index contributed by atoms with van der Waals surface area (Å²) in [7, 11) is 0. The van der Waals surface area contributed by atoms with Crippen LogP contribution in [0.3, 0.4) is 0 Å². The number of para-hydroxylation sites is 1. The van der Waals surface area contributed by atoms with Crippen LogP contribution in [0.4, 0.5) is 14.5 Å². The molecule has 0 amide bonds. The summed E-state index contributed by atoms with van der Waals surface area (Å²) in [6, 6.07) is 8.70. The molecule has 0 N–H and O–H groups in total. The third kappa shape index (κ3) is 2.13. The summed E-state index contributed by atoms with van der Waals surface area (Å²) in [6.07, 6.45) is 0. The number of nitrogens with zero attached hydrogens (tertiary/aromatic N) is 1. The Balaban J connectivity index is 2.64.